The van der Waals surface area contributed by atoms with E-state index in [-0.39, 0.29) is 6.54 Å². The molecule has 0 amide bonds. The summed E-state index contributed by atoms with van der Waals surface area (Å²) in [6, 6.07) is 0. The van der Waals surface area contributed by atoms with Gasteiger partial charge in [-0.2, -0.15) is 0 Å². The molecule has 0 rings (SSSR count). The molecule has 0 fully saturated rings. The van der Waals surface area contributed by atoms with Crippen LogP contribution in [0.15, 0.2) is 0 Å². The van der Waals surface area contributed by atoms with Gasteiger partial charge in [-0.15, -0.1) is 0 Å². The van der Waals surface area contributed by atoms with E-state index in [2.05, 4.69) is 9.44 Å². The first-order valence-corrected chi connectivity index (χ1v) is 8.09. The van der Waals surface area contributed by atoms with Gasteiger partial charge in [-0.25, -0.2) is 26.3 Å². The maximum Gasteiger partial charge on any atom is 0.213 e. The van der Waals surface area contributed by atoms with Crippen LogP contribution in [0.25, 0.3) is 0 Å². The van der Waals surface area contributed by atoms with Gasteiger partial charge in [0.15, 0.2) is 0 Å². The molecule has 0 aliphatic rings. The van der Waals surface area contributed by atoms with Crippen molar-refractivity contribution in [2.45, 2.75) is 19.4 Å². The molecule has 3 N–H and O–H groups in total. The maximum absolute atomic E-state index is 11.2. The molecule has 0 aromatic rings. The number of sulfonamides is 2. The second-order valence-electron chi connectivity index (χ2n) is 4.12. The lowest BCUT2D eigenvalue weighted by molar-refractivity contribution is 0.318. The molecule has 0 unspecified atom stereocenters. The van der Waals surface area contributed by atoms with Gasteiger partial charge >= 0.3 is 0 Å². The highest BCUT2D eigenvalue weighted by molar-refractivity contribution is 7.89. The minimum Gasteiger partial charge on any atom is -0.395 e. The van der Waals surface area contributed by atoms with Gasteiger partial charge in [-0.1, -0.05) is 0 Å². The van der Waals surface area contributed by atoms with E-state index in [9.17, 15) is 16.8 Å². The van der Waals surface area contributed by atoms with Crippen molar-refractivity contribution in [3.05, 3.63) is 0 Å². The Bertz CT molecular complexity index is 412. The minimum absolute atomic E-state index is 0.0809. The fourth-order valence-electron chi connectivity index (χ4n) is 1.02. The van der Waals surface area contributed by atoms with Gasteiger partial charge in [0.05, 0.1) is 18.6 Å². The number of aliphatic hydroxyl groups excluding tert-OH is 1. The molecule has 9 heteroatoms. The quantitative estimate of drug-likeness (QED) is 0.508. The van der Waals surface area contributed by atoms with Gasteiger partial charge in [0.1, 0.15) is 0 Å². The number of hydrogen-bond donors (Lipinski definition) is 3. The molecule has 0 saturated carbocycles. The first kappa shape index (κ1) is 15.8. The molecule has 0 bridgehead atoms. The Morgan fingerprint density at radius 2 is 1.69 bits per heavy atom. The summed E-state index contributed by atoms with van der Waals surface area (Å²) in [6.45, 7) is 2.54. The third kappa shape index (κ3) is 7.99. The average molecular weight is 274 g/mol. The summed E-state index contributed by atoms with van der Waals surface area (Å²) >= 11 is 0. The summed E-state index contributed by atoms with van der Waals surface area (Å²) in [5.41, 5.74) is -0.921. The summed E-state index contributed by atoms with van der Waals surface area (Å²) in [5, 5.41) is 8.49. The molecule has 7 nitrogen and oxygen atoms in total. The Kier molecular flexibility index (Phi) is 5.33. The lowest BCUT2D eigenvalue weighted by atomic mass is 10.1. The Morgan fingerprint density at radius 3 is 2.06 bits per heavy atom. The van der Waals surface area contributed by atoms with Crippen molar-refractivity contribution < 1.29 is 21.9 Å². The van der Waals surface area contributed by atoms with Crippen molar-refractivity contribution in [2.75, 3.05) is 25.2 Å². The van der Waals surface area contributed by atoms with Gasteiger partial charge in [0, 0.05) is 12.1 Å². The van der Waals surface area contributed by atoms with Crippen molar-refractivity contribution in [2.24, 2.45) is 0 Å². The van der Waals surface area contributed by atoms with Crippen LogP contribution in [0.1, 0.15) is 13.8 Å². The summed E-state index contributed by atoms with van der Waals surface area (Å²) in [5.74, 6) is -0.401. The molecule has 0 aliphatic carbocycles. The van der Waals surface area contributed by atoms with Crippen LogP contribution in [0.2, 0.25) is 0 Å². The molecule has 0 saturated heterocycles. The fraction of sp³-hybridized carbons (Fsp3) is 1.00. The summed E-state index contributed by atoms with van der Waals surface area (Å²) in [7, 11) is -6.95. The highest BCUT2D eigenvalue weighted by atomic mass is 32.2. The normalized spacial score (nSPS) is 14.0. The van der Waals surface area contributed by atoms with E-state index in [1.165, 1.54) is 0 Å². The first-order chi connectivity index (χ1) is 6.97. The Labute approximate surface area is 96.3 Å². The first-order valence-electron chi connectivity index (χ1n) is 4.55. The molecule has 98 valence electrons. The van der Waals surface area contributed by atoms with Gasteiger partial charge in [-0.05, 0) is 13.8 Å². The Balaban J connectivity index is 4.41. The third-order valence-corrected chi connectivity index (χ3v) is 3.78. The predicted octanol–water partition coefficient (Wildman–Crippen LogP) is -1.77. The Morgan fingerprint density at radius 1 is 1.19 bits per heavy atom. The van der Waals surface area contributed by atoms with E-state index in [0.29, 0.717) is 0 Å². The SMILES string of the molecule is CC(C)(CNS(=O)(=O)CCO)NS(C)(=O)=O. The maximum atomic E-state index is 11.2. The average Bonchev–Trinajstić information content (AvgIpc) is 1.97. The zero-order valence-electron chi connectivity index (χ0n) is 9.52. The van der Waals surface area contributed by atoms with Crippen molar-refractivity contribution in [1.29, 1.82) is 0 Å². The molecule has 0 aromatic carbocycles. The van der Waals surface area contributed by atoms with E-state index < -0.39 is 37.9 Å². The largest absolute Gasteiger partial charge is 0.395 e. The molecular weight excluding hydrogens is 256 g/mol. The lowest BCUT2D eigenvalue weighted by Crippen LogP contribution is -2.51. The number of hydrogen-bond acceptors (Lipinski definition) is 5. The van der Waals surface area contributed by atoms with E-state index >= 15 is 0 Å². The van der Waals surface area contributed by atoms with Crippen LogP contribution < -0.4 is 9.44 Å². The standard InChI is InChI=1S/C7H18N2O5S2/c1-7(2,9-15(3,11)12)6-8-16(13,14)5-4-10/h8-10H,4-6H2,1-3H3. The Hall–Kier alpha value is -0.220. The minimum atomic E-state index is -3.56. The highest BCUT2D eigenvalue weighted by Gasteiger charge is 2.24. The fourth-order valence-corrected chi connectivity index (χ4v) is 3.06. The van der Waals surface area contributed by atoms with E-state index in [1.807, 2.05) is 0 Å². The number of aliphatic hydroxyl groups is 1. The molecule has 0 aromatic heterocycles. The van der Waals surface area contributed by atoms with Crippen molar-refractivity contribution in [3.8, 4) is 0 Å². The second kappa shape index (κ2) is 5.41. The van der Waals surface area contributed by atoms with Crippen molar-refractivity contribution in [3.63, 3.8) is 0 Å². The zero-order chi connectivity index (χ0) is 13.0. The molecule has 0 heterocycles. The van der Waals surface area contributed by atoms with Crippen LogP contribution >= 0.6 is 0 Å². The van der Waals surface area contributed by atoms with Crippen LogP contribution in [-0.4, -0.2) is 52.6 Å². The molecule has 0 atom stereocenters. The van der Waals surface area contributed by atoms with Crippen LogP contribution in [0.5, 0.6) is 0 Å². The zero-order valence-corrected chi connectivity index (χ0v) is 11.2. The smallest absolute Gasteiger partial charge is 0.213 e. The lowest BCUT2D eigenvalue weighted by Gasteiger charge is -2.25. The predicted molar refractivity (Wildman–Crippen MR) is 60.9 cm³/mol. The highest BCUT2D eigenvalue weighted by Crippen LogP contribution is 2.02. The third-order valence-electron chi connectivity index (χ3n) is 1.56. The molecular formula is C7H18N2O5S2. The van der Waals surface area contributed by atoms with Crippen LogP contribution in [0, 0.1) is 0 Å². The van der Waals surface area contributed by atoms with E-state index in [4.69, 9.17) is 5.11 Å². The summed E-state index contributed by atoms with van der Waals surface area (Å²) in [6.07, 6.45) is 0.997. The monoisotopic (exact) mass is 274 g/mol. The van der Waals surface area contributed by atoms with Gasteiger partial charge < -0.3 is 5.11 Å². The van der Waals surface area contributed by atoms with Gasteiger partial charge in [-0.3, -0.25) is 0 Å². The van der Waals surface area contributed by atoms with E-state index in [0.717, 1.165) is 6.26 Å². The second-order valence-corrected chi connectivity index (χ2v) is 7.80. The summed E-state index contributed by atoms with van der Waals surface area (Å²) < 4.78 is 48.8. The van der Waals surface area contributed by atoms with Crippen LogP contribution in [0.4, 0.5) is 0 Å². The topological polar surface area (TPSA) is 113 Å². The van der Waals surface area contributed by atoms with Crippen molar-refractivity contribution in [1.82, 2.24) is 9.44 Å². The van der Waals surface area contributed by atoms with E-state index in [1.54, 1.807) is 13.8 Å². The number of nitrogens with one attached hydrogen (secondary N) is 2. The molecule has 0 radical (unpaired) electrons. The van der Waals surface area contributed by atoms with Gasteiger partial charge in [0.2, 0.25) is 20.0 Å². The number of rotatable bonds is 7. The molecule has 16 heavy (non-hydrogen) atoms. The van der Waals surface area contributed by atoms with Crippen LogP contribution in [0.3, 0.4) is 0 Å². The molecule has 0 aliphatic heterocycles. The van der Waals surface area contributed by atoms with Gasteiger partial charge in [0.25, 0.3) is 0 Å². The summed E-state index contributed by atoms with van der Waals surface area (Å²) in [4.78, 5) is 0. The van der Waals surface area contributed by atoms with Crippen molar-refractivity contribution >= 4 is 20.0 Å². The molecule has 0 spiro atoms. The van der Waals surface area contributed by atoms with Crippen LogP contribution in [-0.2, 0) is 20.0 Å².